The van der Waals surface area contributed by atoms with Gasteiger partial charge in [0.1, 0.15) is 0 Å². The van der Waals surface area contributed by atoms with Crippen molar-refractivity contribution in [2.45, 2.75) is 19.4 Å². The van der Waals surface area contributed by atoms with E-state index >= 15 is 0 Å². The van der Waals surface area contributed by atoms with Crippen LogP contribution in [0.5, 0.6) is 5.75 Å². The number of amides is 1. The summed E-state index contributed by atoms with van der Waals surface area (Å²) in [6.45, 7) is 1.54. The summed E-state index contributed by atoms with van der Waals surface area (Å²) >= 11 is 0. The Bertz CT molecular complexity index is 555. The molecule has 0 aromatic heterocycles. The van der Waals surface area contributed by atoms with E-state index < -0.39 is 40.7 Å². The minimum absolute atomic E-state index is 0.000478. The molecule has 1 rings (SSSR count). The highest BCUT2D eigenvalue weighted by Gasteiger charge is 2.26. The third-order valence-corrected chi connectivity index (χ3v) is 2.73. The second kappa shape index (κ2) is 5.61. The van der Waals surface area contributed by atoms with Gasteiger partial charge in [-0.05, 0) is 13.0 Å². The molecule has 0 aliphatic carbocycles. The van der Waals surface area contributed by atoms with Gasteiger partial charge in [-0.1, -0.05) is 0 Å². The Balaban J connectivity index is 3.18. The van der Waals surface area contributed by atoms with Gasteiger partial charge in [-0.25, -0.2) is 8.78 Å². The zero-order chi connectivity index (χ0) is 14.7. The van der Waals surface area contributed by atoms with Gasteiger partial charge in [0.15, 0.2) is 17.4 Å². The average Bonchev–Trinajstić information content (AvgIpc) is 2.39. The number of nitriles is 1. The molecule has 19 heavy (non-hydrogen) atoms. The fraction of sp³-hybridized carbons (Fsp3) is 0.333. The number of rotatable bonds is 3. The van der Waals surface area contributed by atoms with Crippen LogP contribution < -0.4 is 0 Å². The summed E-state index contributed by atoms with van der Waals surface area (Å²) in [4.78, 5) is 12.9. The van der Waals surface area contributed by atoms with Crippen LogP contribution in [0.3, 0.4) is 0 Å². The van der Waals surface area contributed by atoms with E-state index in [1.54, 1.807) is 6.92 Å². The van der Waals surface area contributed by atoms with Crippen molar-refractivity contribution < 1.29 is 23.1 Å². The van der Waals surface area contributed by atoms with Crippen molar-refractivity contribution >= 4 is 5.91 Å². The summed E-state index contributed by atoms with van der Waals surface area (Å²) in [6.07, 6.45) is -0.000478. The Morgan fingerprint density at radius 3 is 2.58 bits per heavy atom. The van der Waals surface area contributed by atoms with Gasteiger partial charge < -0.3 is 10.0 Å². The number of hydrogen-bond acceptors (Lipinski definition) is 3. The number of phenolic OH excluding ortho intramolecular Hbond substituents is 1. The molecule has 1 atom stereocenters. The summed E-state index contributed by atoms with van der Waals surface area (Å²) in [6, 6.07) is 1.67. The van der Waals surface area contributed by atoms with Gasteiger partial charge in [0, 0.05) is 13.1 Å². The molecule has 1 N–H and O–H groups in total. The average molecular weight is 272 g/mol. The quantitative estimate of drug-likeness (QED) is 0.858. The van der Waals surface area contributed by atoms with Gasteiger partial charge in [0.2, 0.25) is 5.82 Å². The lowest BCUT2D eigenvalue weighted by atomic mass is 10.1. The molecule has 1 aromatic carbocycles. The summed E-state index contributed by atoms with van der Waals surface area (Å²) in [5.41, 5.74) is -0.788. The number of benzene rings is 1. The first kappa shape index (κ1) is 14.8. The summed E-state index contributed by atoms with van der Waals surface area (Å²) in [5.74, 6) is -7.29. The minimum Gasteiger partial charge on any atom is -0.503 e. The molecule has 0 saturated heterocycles. The molecule has 0 radical (unpaired) electrons. The fourth-order valence-corrected chi connectivity index (χ4v) is 1.41. The second-order valence-electron chi connectivity index (χ2n) is 4.01. The van der Waals surface area contributed by atoms with Crippen LogP contribution in [0.25, 0.3) is 0 Å². The highest BCUT2D eigenvalue weighted by Crippen LogP contribution is 2.26. The Morgan fingerprint density at radius 2 is 2.05 bits per heavy atom. The normalized spacial score (nSPS) is 11.8. The fourth-order valence-electron chi connectivity index (χ4n) is 1.41. The third-order valence-electron chi connectivity index (χ3n) is 2.73. The molecule has 0 bridgehead atoms. The lowest BCUT2D eigenvalue weighted by molar-refractivity contribution is 0.0739. The molecule has 0 spiro atoms. The van der Waals surface area contributed by atoms with E-state index in [0.29, 0.717) is 6.07 Å². The molecule has 1 amide bonds. The van der Waals surface area contributed by atoms with E-state index in [2.05, 4.69) is 0 Å². The lowest BCUT2D eigenvalue weighted by Crippen LogP contribution is -2.35. The third kappa shape index (κ3) is 2.78. The summed E-state index contributed by atoms with van der Waals surface area (Å²) < 4.78 is 39.5. The highest BCUT2D eigenvalue weighted by molar-refractivity contribution is 5.95. The van der Waals surface area contributed by atoms with Crippen LogP contribution in [0.2, 0.25) is 0 Å². The Morgan fingerprint density at radius 1 is 1.47 bits per heavy atom. The maximum absolute atomic E-state index is 13.5. The number of carbonyl (C=O) groups excluding carboxylic acids is 1. The van der Waals surface area contributed by atoms with E-state index in [1.165, 1.54) is 7.05 Å². The standard InChI is InChI=1S/C12H11F3N2O2/c1-6(3-4-16)17(2)12(19)7-5-8(13)10(15)11(18)9(7)14/h5-6,18H,3H2,1-2H3. The van der Waals surface area contributed by atoms with Crippen LogP contribution in [-0.4, -0.2) is 29.0 Å². The molecule has 4 nitrogen and oxygen atoms in total. The number of nitrogens with zero attached hydrogens (tertiary/aromatic N) is 2. The number of aromatic hydroxyl groups is 1. The zero-order valence-electron chi connectivity index (χ0n) is 10.2. The van der Waals surface area contributed by atoms with Crippen LogP contribution in [0.1, 0.15) is 23.7 Å². The number of phenols is 1. The van der Waals surface area contributed by atoms with Crippen LogP contribution in [-0.2, 0) is 0 Å². The van der Waals surface area contributed by atoms with Crippen molar-refractivity contribution in [1.29, 1.82) is 5.26 Å². The zero-order valence-corrected chi connectivity index (χ0v) is 10.2. The largest absolute Gasteiger partial charge is 0.503 e. The molecule has 1 aromatic rings. The maximum atomic E-state index is 13.5. The van der Waals surface area contributed by atoms with Crippen molar-refractivity contribution in [3.63, 3.8) is 0 Å². The van der Waals surface area contributed by atoms with Crippen LogP contribution in [0, 0.1) is 28.8 Å². The monoisotopic (exact) mass is 272 g/mol. The minimum atomic E-state index is -1.75. The first-order chi connectivity index (χ1) is 8.81. The molecule has 1 unspecified atom stereocenters. The second-order valence-corrected chi connectivity index (χ2v) is 4.01. The topological polar surface area (TPSA) is 64.3 Å². The number of carbonyl (C=O) groups is 1. The first-order valence-corrected chi connectivity index (χ1v) is 5.31. The smallest absolute Gasteiger partial charge is 0.257 e. The van der Waals surface area contributed by atoms with Gasteiger partial charge in [-0.15, -0.1) is 0 Å². The molecular weight excluding hydrogens is 261 g/mol. The van der Waals surface area contributed by atoms with Crippen molar-refractivity contribution in [3.05, 3.63) is 29.1 Å². The predicted octanol–water partition coefficient (Wildman–Crippen LogP) is 2.18. The molecule has 7 heteroatoms. The Hall–Kier alpha value is -2.23. The molecule has 0 heterocycles. The van der Waals surface area contributed by atoms with E-state index in [0.717, 1.165) is 4.90 Å². The summed E-state index contributed by atoms with van der Waals surface area (Å²) in [5, 5.41) is 17.5. The van der Waals surface area contributed by atoms with Gasteiger partial charge in [-0.3, -0.25) is 4.79 Å². The van der Waals surface area contributed by atoms with E-state index in [9.17, 15) is 18.0 Å². The maximum Gasteiger partial charge on any atom is 0.257 e. The highest BCUT2D eigenvalue weighted by atomic mass is 19.2. The van der Waals surface area contributed by atoms with Crippen molar-refractivity contribution in [2.75, 3.05) is 7.05 Å². The van der Waals surface area contributed by atoms with Gasteiger partial charge in [0.25, 0.3) is 5.91 Å². The van der Waals surface area contributed by atoms with Crippen LogP contribution in [0.15, 0.2) is 6.07 Å². The number of halogens is 3. The molecule has 0 aliphatic rings. The Labute approximate surface area is 107 Å². The first-order valence-electron chi connectivity index (χ1n) is 5.31. The molecule has 0 saturated carbocycles. The predicted molar refractivity (Wildman–Crippen MR) is 59.8 cm³/mol. The summed E-state index contributed by atoms with van der Waals surface area (Å²) in [7, 11) is 1.29. The van der Waals surface area contributed by atoms with Crippen LogP contribution in [0.4, 0.5) is 13.2 Å². The van der Waals surface area contributed by atoms with E-state index in [4.69, 9.17) is 10.4 Å². The van der Waals surface area contributed by atoms with Gasteiger partial charge in [-0.2, -0.15) is 9.65 Å². The van der Waals surface area contributed by atoms with Gasteiger partial charge >= 0.3 is 0 Å². The molecule has 0 fully saturated rings. The van der Waals surface area contributed by atoms with Crippen LogP contribution >= 0.6 is 0 Å². The van der Waals surface area contributed by atoms with Crippen molar-refractivity contribution in [1.82, 2.24) is 4.90 Å². The van der Waals surface area contributed by atoms with Gasteiger partial charge in [0.05, 0.1) is 18.1 Å². The molecule has 102 valence electrons. The van der Waals surface area contributed by atoms with E-state index in [-0.39, 0.29) is 6.42 Å². The van der Waals surface area contributed by atoms with Crippen molar-refractivity contribution in [3.8, 4) is 11.8 Å². The molecular formula is C12H11F3N2O2. The number of hydrogen-bond donors (Lipinski definition) is 1. The SMILES string of the molecule is CC(CC#N)N(C)C(=O)c1cc(F)c(F)c(O)c1F. The Kier molecular flexibility index (Phi) is 4.38. The van der Waals surface area contributed by atoms with Crippen molar-refractivity contribution in [2.24, 2.45) is 0 Å². The van der Waals surface area contributed by atoms with E-state index in [1.807, 2.05) is 6.07 Å². The lowest BCUT2D eigenvalue weighted by Gasteiger charge is -2.23. The molecule has 0 aliphatic heterocycles.